The second-order valence-corrected chi connectivity index (χ2v) is 5.56. The molecular formula is C16H13F3N4O4. The highest BCUT2D eigenvalue weighted by Gasteiger charge is 2.28. The predicted molar refractivity (Wildman–Crippen MR) is 85.6 cm³/mol. The van der Waals surface area contributed by atoms with Gasteiger partial charge in [-0.1, -0.05) is 5.16 Å². The van der Waals surface area contributed by atoms with Crippen molar-refractivity contribution in [2.45, 2.75) is 13.1 Å². The Balaban J connectivity index is 1.81. The number of rotatable bonds is 5. The Hall–Kier alpha value is -3.37. The number of aryl methyl sites for hydroxylation is 1. The van der Waals surface area contributed by atoms with Crippen molar-refractivity contribution in [3.63, 3.8) is 0 Å². The van der Waals surface area contributed by atoms with Gasteiger partial charge in [0, 0.05) is 0 Å². The van der Waals surface area contributed by atoms with E-state index in [9.17, 15) is 22.8 Å². The van der Waals surface area contributed by atoms with Gasteiger partial charge < -0.3 is 19.6 Å². The van der Waals surface area contributed by atoms with Crippen LogP contribution in [0.1, 0.15) is 16.1 Å². The molecule has 27 heavy (non-hydrogen) atoms. The van der Waals surface area contributed by atoms with Crippen molar-refractivity contribution in [3.8, 4) is 11.5 Å². The van der Waals surface area contributed by atoms with Crippen molar-refractivity contribution in [1.29, 1.82) is 0 Å². The van der Waals surface area contributed by atoms with Crippen LogP contribution in [-0.2, 0) is 4.79 Å². The van der Waals surface area contributed by atoms with Gasteiger partial charge >= 0.3 is 6.18 Å². The highest BCUT2D eigenvalue weighted by molar-refractivity contribution is 6.07. The standard InChI is InChI=1S/C16H13F3N4O4/c1-8-13-9(14(25)20-6-12(24)21-7-16(17,18)19)5-10(11-3-2-4-26-11)22-15(13)27-23-8/h2-5H,6-7H2,1H3,(H,20,25)(H,21,24). The van der Waals surface area contributed by atoms with Gasteiger partial charge in [0.1, 0.15) is 12.2 Å². The van der Waals surface area contributed by atoms with Crippen molar-refractivity contribution in [2.75, 3.05) is 13.1 Å². The van der Waals surface area contributed by atoms with E-state index in [-0.39, 0.29) is 11.3 Å². The molecule has 0 aromatic carbocycles. The average molecular weight is 382 g/mol. The maximum absolute atomic E-state index is 12.5. The van der Waals surface area contributed by atoms with E-state index in [1.54, 1.807) is 24.4 Å². The molecule has 142 valence electrons. The van der Waals surface area contributed by atoms with Gasteiger partial charge in [0.2, 0.25) is 5.91 Å². The fourth-order valence-corrected chi connectivity index (χ4v) is 2.34. The number of nitrogens with zero attached hydrogens (tertiary/aromatic N) is 2. The molecule has 0 aliphatic carbocycles. The van der Waals surface area contributed by atoms with Gasteiger partial charge in [-0.2, -0.15) is 13.2 Å². The fraction of sp³-hybridized carbons (Fsp3) is 0.250. The van der Waals surface area contributed by atoms with Gasteiger partial charge in [-0.05, 0) is 25.1 Å². The van der Waals surface area contributed by atoms with E-state index in [0.29, 0.717) is 22.5 Å². The molecule has 11 heteroatoms. The molecule has 0 aliphatic rings. The number of alkyl halides is 3. The first kappa shape index (κ1) is 18.4. The summed E-state index contributed by atoms with van der Waals surface area (Å²) in [6.07, 6.45) is -3.11. The van der Waals surface area contributed by atoms with Crippen LogP contribution in [0.3, 0.4) is 0 Å². The first-order valence-electron chi connectivity index (χ1n) is 7.67. The zero-order chi connectivity index (χ0) is 19.6. The number of hydrogen-bond donors (Lipinski definition) is 2. The first-order chi connectivity index (χ1) is 12.7. The second-order valence-electron chi connectivity index (χ2n) is 5.56. The van der Waals surface area contributed by atoms with E-state index >= 15 is 0 Å². The van der Waals surface area contributed by atoms with Crippen molar-refractivity contribution >= 4 is 22.9 Å². The minimum Gasteiger partial charge on any atom is -0.463 e. The summed E-state index contributed by atoms with van der Waals surface area (Å²) in [5.41, 5.74) is 0.896. The third-order valence-electron chi connectivity index (χ3n) is 3.53. The number of fused-ring (bicyclic) bond motifs is 1. The van der Waals surface area contributed by atoms with E-state index in [2.05, 4.69) is 15.5 Å². The molecule has 3 aromatic rings. The number of carbonyl (C=O) groups excluding carboxylic acids is 2. The number of amides is 2. The van der Waals surface area contributed by atoms with Crippen LogP contribution in [0.4, 0.5) is 13.2 Å². The Morgan fingerprint density at radius 1 is 1.26 bits per heavy atom. The molecule has 2 amide bonds. The summed E-state index contributed by atoms with van der Waals surface area (Å²) in [4.78, 5) is 28.2. The molecule has 3 heterocycles. The summed E-state index contributed by atoms with van der Waals surface area (Å²) in [5, 5.41) is 8.03. The number of aromatic nitrogens is 2. The molecule has 0 saturated carbocycles. The number of nitrogens with one attached hydrogen (secondary N) is 2. The Morgan fingerprint density at radius 2 is 2.04 bits per heavy atom. The van der Waals surface area contributed by atoms with Crippen LogP contribution in [0.25, 0.3) is 22.6 Å². The summed E-state index contributed by atoms with van der Waals surface area (Å²) in [6.45, 7) is -0.499. The monoisotopic (exact) mass is 382 g/mol. The maximum atomic E-state index is 12.5. The van der Waals surface area contributed by atoms with Gasteiger partial charge in [-0.15, -0.1) is 0 Å². The van der Waals surface area contributed by atoms with E-state index in [0.717, 1.165) is 0 Å². The van der Waals surface area contributed by atoms with Crippen LogP contribution < -0.4 is 10.6 Å². The summed E-state index contributed by atoms with van der Waals surface area (Å²) < 4.78 is 46.7. The van der Waals surface area contributed by atoms with E-state index < -0.39 is 31.1 Å². The topological polar surface area (TPSA) is 110 Å². The minimum atomic E-state index is -4.53. The van der Waals surface area contributed by atoms with Crippen molar-refractivity contribution in [2.24, 2.45) is 0 Å². The van der Waals surface area contributed by atoms with Crippen molar-refractivity contribution in [3.05, 3.63) is 35.7 Å². The Morgan fingerprint density at radius 3 is 2.70 bits per heavy atom. The molecule has 3 rings (SSSR count). The van der Waals surface area contributed by atoms with Crippen LogP contribution in [0, 0.1) is 6.92 Å². The van der Waals surface area contributed by atoms with Gasteiger partial charge in [0.25, 0.3) is 11.6 Å². The number of carbonyl (C=O) groups is 2. The Kier molecular flexibility index (Phi) is 4.84. The van der Waals surface area contributed by atoms with Crippen LogP contribution in [0.5, 0.6) is 0 Å². The lowest BCUT2D eigenvalue weighted by atomic mass is 10.1. The normalized spacial score (nSPS) is 11.6. The van der Waals surface area contributed by atoms with E-state index in [1.807, 2.05) is 0 Å². The number of furan rings is 1. The summed E-state index contributed by atoms with van der Waals surface area (Å²) in [6, 6.07) is 4.69. The third-order valence-corrected chi connectivity index (χ3v) is 3.53. The lowest BCUT2D eigenvalue weighted by Crippen LogP contribution is -2.40. The van der Waals surface area contributed by atoms with Gasteiger partial charge in [0.05, 0.1) is 29.5 Å². The Bertz CT molecular complexity index is 980. The van der Waals surface area contributed by atoms with Crippen LogP contribution in [-0.4, -0.2) is 41.2 Å². The lowest BCUT2D eigenvalue weighted by molar-refractivity contribution is -0.137. The molecule has 0 radical (unpaired) electrons. The molecule has 0 spiro atoms. The third kappa shape index (κ3) is 4.25. The highest BCUT2D eigenvalue weighted by atomic mass is 19.4. The second kappa shape index (κ2) is 7.09. The summed E-state index contributed by atoms with van der Waals surface area (Å²) >= 11 is 0. The molecule has 2 N–H and O–H groups in total. The smallest absolute Gasteiger partial charge is 0.405 e. The summed E-state index contributed by atoms with van der Waals surface area (Å²) in [5.74, 6) is -1.29. The predicted octanol–water partition coefficient (Wildman–Crippen LogP) is 2.20. The largest absolute Gasteiger partial charge is 0.463 e. The summed E-state index contributed by atoms with van der Waals surface area (Å²) in [7, 11) is 0. The molecule has 3 aromatic heterocycles. The zero-order valence-corrected chi connectivity index (χ0v) is 13.9. The molecule has 0 saturated heterocycles. The Labute approximate surface area is 149 Å². The molecule has 0 aliphatic heterocycles. The van der Waals surface area contributed by atoms with Gasteiger partial charge in [0.15, 0.2) is 5.76 Å². The van der Waals surface area contributed by atoms with E-state index in [4.69, 9.17) is 8.94 Å². The maximum Gasteiger partial charge on any atom is 0.405 e. The molecule has 0 bridgehead atoms. The number of hydrogen-bond acceptors (Lipinski definition) is 6. The molecule has 8 nitrogen and oxygen atoms in total. The highest BCUT2D eigenvalue weighted by Crippen LogP contribution is 2.27. The average Bonchev–Trinajstić information content (AvgIpc) is 3.27. The molecule has 0 fully saturated rings. The van der Waals surface area contributed by atoms with Gasteiger partial charge in [-0.3, -0.25) is 9.59 Å². The molecule has 0 unspecified atom stereocenters. The number of pyridine rings is 1. The van der Waals surface area contributed by atoms with Crippen molar-refractivity contribution < 1.29 is 31.7 Å². The van der Waals surface area contributed by atoms with Crippen LogP contribution >= 0.6 is 0 Å². The SMILES string of the molecule is Cc1noc2nc(-c3ccco3)cc(C(=O)NCC(=O)NCC(F)(F)F)c12. The molecule has 0 atom stereocenters. The van der Waals surface area contributed by atoms with Crippen LogP contribution in [0.15, 0.2) is 33.4 Å². The van der Waals surface area contributed by atoms with Crippen LogP contribution in [0.2, 0.25) is 0 Å². The van der Waals surface area contributed by atoms with E-state index in [1.165, 1.54) is 12.3 Å². The fourth-order valence-electron chi connectivity index (χ4n) is 2.34. The van der Waals surface area contributed by atoms with Gasteiger partial charge in [-0.25, -0.2) is 4.98 Å². The minimum absolute atomic E-state index is 0.0908. The molecular weight excluding hydrogens is 369 g/mol. The van der Waals surface area contributed by atoms with Crippen molar-refractivity contribution in [1.82, 2.24) is 20.8 Å². The zero-order valence-electron chi connectivity index (χ0n) is 13.9. The first-order valence-corrected chi connectivity index (χ1v) is 7.67. The quantitative estimate of drug-likeness (QED) is 0.700. The lowest BCUT2D eigenvalue weighted by Gasteiger charge is -2.10. The number of halogens is 3.